The van der Waals surface area contributed by atoms with Crippen molar-refractivity contribution in [3.8, 4) is 28.6 Å². The Morgan fingerprint density at radius 3 is 2.77 bits per heavy atom. The number of carbonyl (C=O) groups excluding carboxylic acids is 1. The predicted octanol–water partition coefficient (Wildman–Crippen LogP) is 5.31. The molecular weight excluding hydrogens is 412 g/mol. The summed E-state index contributed by atoms with van der Waals surface area (Å²) in [6.45, 7) is 5.96. The molecule has 0 atom stereocenters. The number of nitrogens with zero attached hydrogens (tertiary/aromatic N) is 3. The van der Waals surface area contributed by atoms with Gasteiger partial charge in [0.25, 0.3) is 11.8 Å². The number of rotatable bonds is 7. The molecule has 0 aliphatic carbocycles. The second-order valence-corrected chi connectivity index (χ2v) is 8.22. The maximum Gasteiger partial charge on any atom is 0.264 e. The van der Waals surface area contributed by atoms with Crippen molar-refractivity contribution in [3.05, 3.63) is 65.2 Å². The van der Waals surface area contributed by atoms with Crippen LogP contribution in [0.15, 0.2) is 58.4 Å². The van der Waals surface area contributed by atoms with Gasteiger partial charge >= 0.3 is 0 Å². The van der Waals surface area contributed by atoms with Gasteiger partial charge in [-0.1, -0.05) is 54.9 Å². The zero-order valence-corrected chi connectivity index (χ0v) is 18.3. The number of ether oxygens (including phenoxy) is 1. The Bertz CT molecular complexity index is 1200. The molecule has 0 spiro atoms. The van der Waals surface area contributed by atoms with Crippen LogP contribution in [0.2, 0.25) is 0 Å². The summed E-state index contributed by atoms with van der Waals surface area (Å²) in [7, 11) is 0. The molecule has 1 amide bonds. The van der Waals surface area contributed by atoms with E-state index in [0.29, 0.717) is 34.1 Å². The minimum Gasteiger partial charge on any atom is -0.483 e. The summed E-state index contributed by atoms with van der Waals surface area (Å²) in [6, 6.07) is 15.1. The summed E-state index contributed by atoms with van der Waals surface area (Å²) in [5, 5.41) is 9.36. The molecule has 4 rings (SSSR count). The number of amides is 1. The Balaban J connectivity index is 1.46. The first kappa shape index (κ1) is 20.7. The number of thiazole rings is 1. The third kappa shape index (κ3) is 4.97. The highest BCUT2D eigenvalue weighted by molar-refractivity contribution is 7.13. The van der Waals surface area contributed by atoms with Gasteiger partial charge in [0.05, 0.1) is 11.3 Å². The van der Waals surface area contributed by atoms with E-state index in [2.05, 4.69) is 34.3 Å². The van der Waals surface area contributed by atoms with Gasteiger partial charge in [-0.2, -0.15) is 4.98 Å². The second kappa shape index (κ2) is 9.09. The second-order valence-electron chi connectivity index (χ2n) is 7.36. The fraction of sp³-hybridized carbons (Fsp3) is 0.217. The maximum absolute atomic E-state index is 12.3. The van der Waals surface area contributed by atoms with Crippen molar-refractivity contribution in [2.24, 2.45) is 0 Å². The van der Waals surface area contributed by atoms with Crippen molar-refractivity contribution in [3.63, 3.8) is 0 Å². The molecule has 0 radical (unpaired) electrons. The van der Waals surface area contributed by atoms with E-state index < -0.39 is 0 Å². The summed E-state index contributed by atoms with van der Waals surface area (Å²) < 4.78 is 11.2. The fourth-order valence-corrected chi connectivity index (χ4v) is 3.80. The Morgan fingerprint density at radius 2 is 2.00 bits per heavy atom. The molecule has 7 nitrogen and oxygen atoms in total. The topological polar surface area (TPSA) is 90.1 Å². The molecule has 158 valence electrons. The van der Waals surface area contributed by atoms with Crippen LogP contribution in [-0.4, -0.2) is 27.6 Å². The van der Waals surface area contributed by atoms with Gasteiger partial charge < -0.3 is 9.26 Å². The molecule has 2 heterocycles. The molecule has 0 saturated heterocycles. The number of carbonyl (C=O) groups is 1. The van der Waals surface area contributed by atoms with Crippen molar-refractivity contribution >= 4 is 22.4 Å². The standard InChI is InChI=1S/C23H22N4O3S/c1-14(2)18-13-31-23(24-18)25-20(28)12-29-19-10-5-4-9-17(19)22-26-21(27-30-22)16-8-6-7-15(3)11-16/h4-11,13-14H,12H2,1-3H3,(H,24,25,28). The third-order valence-corrected chi connectivity index (χ3v) is 5.31. The van der Waals surface area contributed by atoms with Crippen molar-refractivity contribution in [1.82, 2.24) is 15.1 Å². The number of aryl methyl sites for hydroxylation is 1. The van der Waals surface area contributed by atoms with Gasteiger partial charge in [0.2, 0.25) is 5.82 Å². The summed E-state index contributed by atoms with van der Waals surface area (Å²) in [5.74, 6) is 1.33. The van der Waals surface area contributed by atoms with E-state index in [4.69, 9.17) is 9.26 Å². The van der Waals surface area contributed by atoms with Crippen LogP contribution in [0.25, 0.3) is 22.8 Å². The van der Waals surface area contributed by atoms with Crippen LogP contribution in [0.3, 0.4) is 0 Å². The van der Waals surface area contributed by atoms with Crippen LogP contribution >= 0.6 is 11.3 Å². The van der Waals surface area contributed by atoms with Crippen LogP contribution < -0.4 is 10.1 Å². The third-order valence-electron chi connectivity index (χ3n) is 4.54. The van der Waals surface area contributed by atoms with Crippen LogP contribution in [0, 0.1) is 6.92 Å². The molecule has 0 aliphatic heterocycles. The highest BCUT2D eigenvalue weighted by Gasteiger charge is 2.16. The molecule has 31 heavy (non-hydrogen) atoms. The van der Waals surface area contributed by atoms with Crippen molar-refractivity contribution < 1.29 is 14.1 Å². The number of aromatic nitrogens is 3. The Kier molecular flexibility index (Phi) is 6.08. The number of para-hydroxylation sites is 1. The number of hydrogen-bond acceptors (Lipinski definition) is 7. The largest absolute Gasteiger partial charge is 0.483 e. The summed E-state index contributed by atoms with van der Waals surface area (Å²) in [6.07, 6.45) is 0. The summed E-state index contributed by atoms with van der Waals surface area (Å²) >= 11 is 1.40. The van der Waals surface area contributed by atoms with E-state index in [0.717, 1.165) is 16.8 Å². The lowest BCUT2D eigenvalue weighted by atomic mass is 10.1. The lowest BCUT2D eigenvalue weighted by molar-refractivity contribution is -0.118. The zero-order chi connectivity index (χ0) is 21.8. The van der Waals surface area contributed by atoms with E-state index in [9.17, 15) is 4.79 Å². The van der Waals surface area contributed by atoms with Gasteiger partial charge in [0.1, 0.15) is 5.75 Å². The molecule has 4 aromatic rings. The molecule has 8 heteroatoms. The molecule has 0 bridgehead atoms. The lowest BCUT2D eigenvalue weighted by Crippen LogP contribution is -2.20. The van der Waals surface area contributed by atoms with E-state index >= 15 is 0 Å². The highest BCUT2D eigenvalue weighted by Crippen LogP contribution is 2.30. The van der Waals surface area contributed by atoms with Crippen molar-refractivity contribution in [2.45, 2.75) is 26.7 Å². The zero-order valence-electron chi connectivity index (χ0n) is 17.5. The van der Waals surface area contributed by atoms with Gasteiger partial charge in [0, 0.05) is 10.9 Å². The quantitative estimate of drug-likeness (QED) is 0.424. The molecule has 2 aromatic carbocycles. The smallest absolute Gasteiger partial charge is 0.264 e. The summed E-state index contributed by atoms with van der Waals surface area (Å²) in [4.78, 5) is 21.2. The lowest BCUT2D eigenvalue weighted by Gasteiger charge is -2.08. The number of hydrogen-bond donors (Lipinski definition) is 1. The molecular formula is C23H22N4O3S. The van der Waals surface area contributed by atoms with Crippen LogP contribution in [0.4, 0.5) is 5.13 Å². The SMILES string of the molecule is Cc1cccc(-c2noc(-c3ccccc3OCC(=O)Nc3nc(C(C)C)cs3)n2)c1. The summed E-state index contributed by atoms with van der Waals surface area (Å²) in [5.41, 5.74) is 3.56. The van der Waals surface area contributed by atoms with E-state index in [-0.39, 0.29) is 12.5 Å². The Morgan fingerprint density at radius 1 is 1.16 bits per heavy atom. The molecule has 0 unspecified atom stereocenters. The highest BCUT2D eigenvalue weighted by atomic mass is 32.1. The van der Waals surface area contributed by atoms with Gasteiger partial charge in [-0.15, -0.1) is 11.3 Å². The van der Waals surface area contributed by atoms with Crippen molar-refractivity contribution in [2.75, 3.05) is 11.9 Å². The van der Waals surface area contributed by atoms with Crippen molar-refractivity contribution in [1.29, 1.82) is 0 Å². The Hall–Kier alpha value is -3.52. The first-order valence-corrected chi connectivity index (χ1v) is 10.8. The normalized spacial score (nSPS) is 11.0. The Labute approximate surface area is 184 Å². The molecule has 0 aliphatic rings. The minimum absolute atomic E-state index is 0.160. The van der Waals surface area contributed by atoms with Crippen LogP contribution in [0.1, 0.15) is 31.0 Å². The van der Waals surface area contributed by atoms with Crippen LogP contribution in [-0.2, 0) is 4.79 Å². The van der Waals surface area contributed by atoms with E-state index in [1.165, 1.54) is 11.3 Å². The van der Waals surface area contributed by atoms with Crippen LogP contribution in [0.5, 0.6) is 5.75 Å². The fourth-order valence-electron chi connectivity index (χ4n) is 2.91. The average Bonchev–Trinajstić information content (AvgIpc) is 3.43. The van der Waals surface area contributed by atoms with E-state index in [1.54, 1.807) is 6.07 Å². The number of nitrogens with one attached hydrogen (secondary N) is 1. The van der Waals surface area contributed by atoms with Gasteiger partial charge in [-0.3, -0.25) is 10.1 Å². The van der Waals surface area contributed by atoms with Gasteiger partial charge in [0.15, 0.2) is 11.7 Å². The maximum atomic E-state index is 12.3. The van der Waals surface area contributed by atoms with Gasteiger partial charge in [-0.25, -0.2) is 4.98 Å². The molecule has 1 N–H and O–H groups in total. The molecule has 2 aromatic heterocycles. The van der Waals surface area contributed by atoms with E-state index in [1.807, 2.05) is 54.8 Å². The predicted molar refractivity (Wildman–Crippen MR) is 120 cm³/mol. The average molecular weight is 435 g/mol. The molecule has 0 fully saturated rings. The monoisotopic (exact) mass is 434 g/mol. The first-order valence-electron chi connectivity index (χ1n) is 9.88. The van der Waals surface area contributed by atoms with Gasteiger partial charge in [-0.05, 0) is 31.0 Å². The molecule has 0 saturated carbocycles. The number of anilines is 1. The minimum atomic E-state index is -0.287. The number of benzene rings is 2. The first-order chi connectivity index (χ1) is 15.0.